The van der Waals surface area contributed by atoms with Crippen molar-refractivity contribution >= 4 is 23.2 Å². The van der Waals surface area contributed by atoms with E-state index in [-0.39, 0.29) is 18.1 Å². The molecule has 1 aliphatic rings. The van der Waals surface area contributed by atoms with Gasteiger partial charge in [-0.3, -0.25) is 4.79 Å². The Kier molecular flexibility index (Phi) is 7.35. The summed E-state index contributed by atoms with van der Waals surface area (Å²) in [4.78, 5) is 18.6. The molecule has 0 bridgehead atoms. The molecule has 1 heterocycles. The molecule has 2 atom stereocenters. The lowest BCUT2D eigenvalue weighted by molar-refractivity contribution is -0.117. The highest BCUT2D eigenvalue weighted by atomic mass is 35.5. The van der Waals surface area contributed by atoms with E-state index in [2.05, 4.69) is 22.3 Å². The highest BCUT2D eigenvalue weighted by molar-refractivity contribution is 6.40. The molecule has 1 fully saturated rings. The summed E-state index contributed by atoms with van der Waals surface area (Å²) in [5.41, 5.74) is 1.35. The van der Waals surface area contributed by atoms with Crippen molar-refractivity contribution in [1.82, 2.24) is 10.2 Å². The Morgan fingerprint density at radius 1 is 1.48 bits per heavy atom. The van der Waals surface area contributed by atoms with Crippen molar-refractivity contribution in [2.45, 2.75) is 45.8 Å². The number of amides is 1. The Balaban J connectivity index is 2.69. The summed E-state index contributed by atoms with van der Waals surface area (Å²) >= 11 is 6.07. The lowest BCUT2D eigenvalue weighted by atomic mass is 10.0. The average molecular weight is 316 g/mol. The molecule has 5 nitrogen and oxygen atoms in total. The number of halogens is 1. The van der Waals surface area contributed by atoms with Gasteiger partial charge in [-0.2, -0.15) is 0 Å². The third-order valence-electron chi connectivity index (χ3n) is 3.86. The standard InChI is InChI=1S/C15H26ClN3O2/c1-6-10(2)14(16)17-11(3)15(20)18-12-7-8-19(4)9-13(12)21-5/h12-13H,6-9H2,1-5H3,(H,18,20)/b14-10+,17-11+/t12?,13-/m0/s1. The fourth-order valence-electron chi connectivity index (χ4n) is 2.19. The minimum absolute atomic E-state index is 0.00360. The molecule has 1 aliphatic heterocycles. The molecule has 6 heteroatoms. The number of allylic oxidation sites excluding steroid dienone is 1. The Labute approximate surface area is 132 Å². The number of ether oxygens (including phenoxy) is 1. The molecule has 0 aromatic carbocycles. The third-order valence-corrected chi connectivity index (χ3v) is 4.27. The first-order valence-corrected chi connectivity index (χ1v) is 7.69. The summed E-state index contributed by atoms with van der Waals surface area (Å²) in [5, 5.41) is 3.40. The van der Waals surface area contributed by atoms with Crippen LogP contribution in [0.2, 0.25) is 0 Å². The Bertz CT molecular complexity index is 435. The summed E-state index contributed by atoms with van der Waals surface area (Å²) in [6.07, 6.45) is 1.69. The molecule has 0 aliphatic carbocycles. The number of likely N-dealkylation sites (N-methyl/N-ethyl adjacent to an activating group) is 1. The Morgan fingerprint density at radius 2 is 2.14 bits per heavy atom. The van der Waals surface area contributed by atoms with Gasteiger partial charge in [-0.25, -0.2) is 4.99 Å². The van der Waals surface area contributed by atoms with Gasteiger partial charge in [-0.15, -0.1) is 0 Å². The number of rotatable bonds is 5. The first-order valence-electron chi connectivity index (χ1n) is 7.31. The molecule has 120 valence electrons. The molecule has 0 spiro atoms. The number of aliphatic imine (C=N–C) groups is 1. The number of carbonyl (C=O) groups is 1. The highest BCUT2D eigenvalue weighted by Crippen LogP contribution is 2.15. The predicted octanol–water partition coefficient (Wildman–Crippen LogP) is 2.16. The van der Waals surface area contributed by atoms with Crippen molar-refractivity contribution < 1.29 is 9.53 Å². The van der Waals surface area contributed by atoms with Crippen LogP contribution in [-0.2, 0) is 9.53 Å². The van der Waals surface area contributed by atoms with Gasteiger partial charge in [0.25, 0.3) is 5.91 Å². The van der Waals surface area contributed by atoms with Crippen molar-refractivity contribution in [1.29, 1.82) is 0 Å². The summed E-state index contributed by atoms with van der Waals surface area (Å²) < 4.78 is 5.46. The van der Waals surface area contributed by atoms with Crippen molar-refractivity contribution in [3.63, 3.8) is 0 Å². The number of nitrogens with zero attached hydrogens (tertiary/aromatic N) is 2. The number of carbonyl (C=O) groups excluding carboxylic acids is 1. The first-order chi connectivity index (χ1) is 9.88. The van der Waals surface area contributed by atoms with E-state index in [1.807, 2.05) is 13.8 Å². The smallest absolute Gasteiger partial charge is 0.265 e. The summed E-state index contributed by atoms with van der Waals surface area (Å²) in [7, 11) is 3.73. The van der Waals surface area contributed by atoms with Crippen LogP contribution in [0.15, 0.2) is 15.7 Å². The van der Waals surface area contributed by atoms with E-state index in [9.17, 15) is 4.79 Å². The van der Waals surface area contributed by atoms with Crippen molar-refractivity contribution in [2.24, 2.45) is 4.99 Å². The third kappa shape index (κ3) is 5.41. The van der Waals surface area contributed by atoms with Gasteiger partial charge in [-0.05, 0) is 45.9 Å². The van der Waals surface area contributed by atoms with Gasteiger partial charge in [0, 0.05) is 13.7 Å². The predicted molar refractivity (Wildman–Crippen MR) is 86.8 cm³/mol. The maximum absolute atomic E-state index is 12.2. The molecule has 0 radical (unpaired) electrons. The average Bonchev–Trinajstić information content (AvgIpc) is 2.47. The second-order valence-electron chi connectivity index (χ2n) is 5.53. The number of likely N-dealkylation sites (tertiary alicyclic amines) is 1. The van der Waals surface area contributed by atoms with Gasteiger partial charge in [0.1, 0.15) is 10.9 Å². The van der Waals surface area contributed by atoms with Crippen LogP contribution < -0.4 is 5.32 Å². The van der Waals surface area contributed by atoms with Crippen LogP contribution in [0.25, 0.3) is 0 Å². The first kappa shape index (κ1) is 18.1. The minimum Gasteiger partial charge on any atom is -0.378 e. The van der Waals surface area contributed by atoms with Gasteiger partial charge in [-0.1, -0.05) is 18.5 Å². The van der Waals surface area contributed by atoms with Crippen LogP contribution in [0.4, 0.5) is 0 Å². The zero-order chi connectivity index (χ0) is 16.0. The maximum atomic E-state index is 12.2. The molecule has 1 unspecified atom stereocenters. The topological polar surface area (TPSA) is 53.9 Å². The van der Waals surface area contributed by atoms with Crippen molar-refractivity contribution in [3.8, 4) is 0 Å². The fraction of sp³-hybridized carbons (Fsp3) is 0.733. The van der Waals surface area contributed by atoms with E-state index in [1.165, 1.54) is 0 Å². The van der Waals surface area contributed by atoms with Gasteiger partial charge in [0.2, 0.25) is 0 Å². The molecular formula is C15H26ClN3O2. The normalized spacial score (nSPS) is 25.5. The largest absolute Gasteiger partial charge is 0.378 e. The van der Waals surface area contributed by atoms with Crippen LogP contribution in [0.1, 0.15) is 33.6 Å². The van der Waals surface area contributed by atoms with Crippen LogP contribution in [0.3, 0.4) is 0 Å². The molecular weight excluding hydrogens is 290 g/mol. The lowest BCUT2D eigenvalue weighted by Crippen LogP contribution is -2.54. The number of hydrogen-bond donors (Lipinski definition) is 1. The molecule has 0 aromatic heterocycles. The van der Waals surface area contributed by atoms with Crippen LogP contribution in [-0.4, -0.2) is 55.9 Å². The number of hydrogen-bond acceptors (Lipinski definition) is 4. The zero-order valence-electron chi connectivity index (χ0n) is 13.6. The SMILES string of the molecule is CC/C(C)=C(Cl)/N=C(\C)C(=O)NC1CCN(C)C[C@@H]1OC. The maximum Gasteiger partial charge on any atom is 0.265 e. The van der Waals surface area contributed by atoms with Gasteiger partial charge >= 0.3 is 0 Å². The van der Waals surface area contributed by atoms with E-state index in [4.69, 9.17) is 16.3 Å². The second kappa shape index (κ2) is 8.51. The van der Waals surface area contributed by atoms with E-state index in [0.717, 1.165) is 31.5 Å². The van der Waals surface area contributed by atoms with E-state index >= 15 is 0 Å². The summed E-state index contributed by atoms with van der Waals surface area (Å²) in [5.74, 6) is -0.186. The quantitative estimate of drug-likeness (QED) is 0.625. The second-order valence-corrected chi connectivity index (χ2v) is 5.88. The number of methoxy groups -OCH3 is 1. The van der Waals surface area contributed by atoms with Crippen molar-refractivity contribution in [2.75, 3.05) is 27.2 Å². The molecule has 1 rings (SSSR count). The molecule has 1 saturated heterocycles. The van der Waals surface area contributed by atoms with E-state index in [1.54, 1.807) is 14.0 Å². The van der Waals surface area contributed by atoms with Crippen LogP contribution in [0.5, 0.6) is 0 Å². The van der Waals surface area contributed by atoms with Crippen LogP contribution in [0, 0.1) is 0 Å². The molecule has 1 amide bonds. The molecule has 0 aromatic rings. The van der Waals surface area contributed by atoms with Gasteiger partial charge in [0.15, 0.2) is 0 Å². The van der Waals surface area contributed by atoms with E-state index in [0.29, 0.717) is 10.9 Å². The summed E-state index contributed by atoms with van der Waals surface area (Å²) in [6.45, 7) is 7.35. The highest BCUT2D eigenvalue weighted by Gasteiger charge is 2.29. The fourth-order valence-corrected chi connectivity index (χ4v) is 2.45. The number of piperidine rings is 1. The van der Waals surface area contributed by atoms with Crippen LogP contribution >= 0.6 is 11.6 Å². The van der Waals surface area contributed by atoms with Crippen molar-refractivity contribution in [3.05, 3.63) is 10.7 Å². The molecule has 21 heavy (non-hydrogen) atoms. The lowest BCUT2D eigenvalue weighted by Gasteiger charge is -2.36. The molecule has 1 N–H and O–H groups in total. The zero-order valence-corrected chi connectivity index (χ0v) is 14.3. The minimum atomic E-state index is -0.186. The van der Waals surface area contributed by atoms with Gasteiger partial charge in [0.05, 0.1) is 12.1 Å². The Morgan fingerprint density at radius 3 is 2.71 bits per heavy atom. The monoisotopic (exact) mass is 315 g/mol. The Hall–Kier alpha value is -0.910. The molecule has 0 saturated carbocycles. The number of nitrogens with one attached hydrogen (secondary N) is 1. The van der Waals surface area contributed by atoms with Gasteiger partial charge < -0.3 is 15.0 Å². The summed E-state index contributed by atoms with van der Waals surface area (Å²) in [6, 6.07) is 0.0128. The van der Waals surface area contributed by atoms with E-state index < -0.39 is 0 Å².